The highest BCUT2D eigenvalue weighted by atomic mass is 32.1. The highest BCUT2D eigenvalue weighted by Gasteiger charge is 2.20. The normalized spacial score (nSPS) is 13.2. The summed E-state index contributed by atoms with van der Waals surface area (Å²) in [7, 11) is 0. The van der Waals surface area contributed by atoms with Gasteiger partial charge in [0.05, 0.1) is 0 Å². The summed E-state index contributed by atoms with van der Waals surface area (Å²) in [5.74, 6) is 0.211. The first-order chi connectivity index (χ1) is 10.5. The molecule has 116 valence electrons. The topological polar surface area (TPSA) is 60.2 Å². The van der Waals surface area contributed by atoms with Crippen LogP contribution in [-0.2, 0) is 0 Å². The molecule has 0 saturated heterocycles. The molecular weight excluding hydrogens is 301 g/mol. The number of thiazole rings is 1. The van der Waals surface area contributed by atoms with Crippen LogP contribution in [-0.4, -0.2) is 17.3 Å². The van der Waals surface area contributed by atoms with Gasteiger partial charge in [0, 0.05) is 5.69 Å². The molecule has 0 amide bonds. The average Bonchev–Trinajstić information content (AvgIpc) is 2.83. The van der Waals surface area contributed by atoms with Crippen molar-refractivity contribution in [3.63, 3.8) is 0 Å². The summed E-state index contributed by atoms with van der Waals surface area (Å²) in [4.78, 5) is 4.19. The van der Waals surface area contributed by atoms with E-state index in [4.69, 9.17) is 10.5 Å². The van der Waals surface area contributed by atoms with Crippen LogP contribution in [0.15, 0.2) is 49.6 Å². The molecule has 0 aliphatic carbocycles. The number of hydrogen-bond acceptors (Lipinski definition) is 5. The third-order valence-electron chi connectivity index (χ3n) is 2.90. The number of alkyl halides is 1. The lowest BCUT2D eigenvalue weighted by molar-refractivity contribution is 0.172. The maximum absolute atomic E-state index is 13.6. The zero-order valence-corrected chi connectivity index (χ0v) is 13.1. The lowest BCUT2D eigenvalue weighted by Gasteiger charge is -2.15. The van der Waals surface area contributed by atoms with Gasteiger partial charge in [0.2, 0.25) is 5.06 Å². The van der Waals surface area contributed by atoms with E-state index in [0.717, 1.165) is 17.3 Å². The Morgan fingerprint density at radius 3 is 2.82 bits per heavy atom. The Morgan fingerprint density at radius 2 is 2.18 bits per heavy atom. The summed E-state index contributed by atoms with van der Waals surface area (Å²) in [5.41, 5.74) is 7.85. The van der Waals surface area contributed by atoms with Crippen molar-refractivity contribution in [3.8, 4) is 5.06 Å². The Morgan fingerprint density at radius 1 is 1.41 bits per heavy atom. The van der Waals surface area contributed by atoms with Gasteiger partial charge in [-0.1, -0.05) is 36.1 Å². The molecule has 1 heterocycles. The molecule has 0 fully saturated rings. The van der Waals surface area contributed by atoms with Crippen LogP contribution in [0, 0.1) is 6.92 Å². The van der Waals surface area contributed by atoms with Crippen molar-refractivity contribution in [1.29, 1.82) is 0 Å². The number of hydrogen-bond donors (Lipinski definition) is 2. The van der Waals surface area contributed by atoms with E-state index in [9.17, 15) is 4.39 Å². The average molecular weight is 319 g/mol. The molecule has 1 aromatic carbocycles. The van der Waals surface area contributed by atoms with Gasteiger partial charge in [0.25, 0.3) is 0 Å². The van der Waals surface area contributed by atoms with Gasteiger partial charge in [-0.25, -0.2) is 4.39 Å². The van der Waals surface area contributed by atoms with Gasteiger partial charge in [0.1, 0.15) is 0 Å². The van der Waals surface area contributed by atoms with Crippen molar-refractivity contribution in [1.82, 2.24) is 4.98 Å². The largest absolute Gasteiger partial charge is 0.470 e. The smallest absolute Gasteiger partial charge is 0.221 e. The van der Waals surface area contributed by atoms with Crippen molar-refractivity contribution >= 4 is 28.0 Å². The quantitative estimate of drug-likeness (QED) is 0.750. The fraction of sp³-hybridized carbons (Fsp3) is 0.188. The van der Waals surface area contributed by atoms with Crippen LogP contribution in [0.1, 0.15) is 5.56 Å². The molecule has 0 aliphatic rings. The van der Waals surface area contributed by atoms with Gasteiger partial charge in [-0.2, -0.15) is 4.98 Å². The fourth-order valence-corrected chi connectivity index (χ4v) is 2.60. The molecule has 0 saturated carbocycles. The van der Waals surface area contributed by atoms with Crippen LogP contribution in [0.5, 0.6) is 5.06 Å². The maximum Gasteiger partial charge on any atom is 0.221 e. The van der Waals surface area contributed by atoms with Crippen molar-refractivity contribution in [2.75, 3.05) is 11.1 Å². The van der Waals surface area contributed by atoms with Gasteiger partial charge in [-0.3, -0.25) is 0 Å². The first kappa shape index (κ1) is 16.0. The maximum atomic E-state index is 13.6. The van der Waals surface area contributed by atoms with Gasteiger partial charge in [-0.05, 0) is 30.7 Å². The molecule has 0 bridgehead atoms. The number of benzene rings is 1. The number of rotatable bonds is 7. The summed E-state index contributed by atoms with van der Waals surface area (Å²) in [5, 5.41) is 4.08. The van der Waals surface area contributed by atoms with Crippen molar-refractivity contribution in [2.45, 2.75) is 19.2 Å². The Hall–Kier alpha value is -2.34. The van der Waals surface area contributed by atoms with E-state index in [-0.39, 0.29) is 5.82 Å². The van der Waals surface area contributed by atoms with Gasteiger partial charge >= 0.3 is 0 Å². The van der Waals surface area contributed by atoms with E-state index >= 15 is 0 Å². The number of nitrogen functional groups attached to an aromatic ring is 1. The van der Waals surface area contributed by atoms with E-state index in [2.05, 4.69) is 23.5 Å². The zero-order chi connectivity index (χ0) is 16.1. The van der Waals surface area contributed by atoms with E-state index < -0.39 is 12.3 Å². The van der Waals surface area contributed by atoms with Crippen molar-refractivity contribution < 1.29 is 9.13 Å². The molecule has 1 aromatic heterocycles. The van der Waals surface area contributed by atoms with Gasteiger partial charge < -0.3 is 15.8 Å². The lowest BCUT2D eigenvalue weighted by atomic mass is 10.2. The third kappa shape index (κ3) is 3.85. The molecule has 2 rings (SSSR count). The van der Waals surface area contributed by atoms with Gasteiger partial charge in [-0.15, -0.1) is 6.58 Å². The van der Waals surface area contributed by atoms with E-state index in [1.54, 1.807) is 0 Å². The second kappa shape index (κ2) is 7.09. The third-order valence-corrected chi connectivity index (χ3v) is 3.78. The Bertz CT molecular complexity index is 671. The van der Waals surface area contributed by atoms with Crippen molar-refractivity contribution in [3.05, 3.63) is 55.1 Å². The molecule has 6 heteroatoms. The predicted molar refractivity (Wildman–Crippen MR) is 90.7 cm³/mol. The molecule has 22 heavy (non-hydrogen) atoms. The molecule has 2 atom stereocenters. The van der Waals surface area contributed by atoms with Crippen LogP contribution in [0.25, 0.3) is 0 Å². The lowest BCUT2D eigenvalue weighted by Crippen LogP contribution is -2.24. The first-order valence-corrected chi connectivity index (χ1v) is 7.51. The van der Waals surface area contributed by atoms with Crippen molar-refractivity contribution in [2.24, 2.45) is 0 Å². The summed E-state index contributed by atoms with van der Waals surface area (Å²) in [6.07, 6.45) is 0.341. The Labute approximate surface area is 133 Å². The number of nitrogens with zero attached hydrogens (tertiary/aromatic N) is 1. The number of aromatic nitrogens is 1. The van der Waals surface area contributed by atoms with Crippen LogP contribution in [0.2, 0.25) is 0 Å². The van der Waals surface area contributed by atoms with Crippen LogP contribution in [0.3, 0.4) is 0 Å². The SMILES string of the molecule is C=CC(F)C(C=C)Oc1sc(Nc2cccc(C)c2)nc1N. The number of nitrogens with one attached hydrogen (secondary N) is 1. The Kier molecular flexibility index (Phi) is 5.16. The summed E-state index contributed by atoms with van der Waals surface area (Å²) in [6, 6.07) is 7.85. The predicted octanol–water partition coefficient (Wildman–Crippen LogP) is 4.23. The van der Waals surface area contributed by atoms with E-state index in [1.165, 1.54) is 17.4 Å². The van der Waals surface area contributed by atoms with Gasteiger partial charge in [0.15, 0.2) is 23.2 Å². The molecule has 2 aromatic rings. The molecule has 0 spiro atoms. The van der Waals surface area contributed by atoms with Crippen LogP contribution >= 0.6 is 11.3 Å². The van der Waals surface area contributed by atoms with Crippen LogP contribution in [0.4, 0.5) is 21.0 Å². The minimum absolute atomic E-state index is 0.211. The summed E-state index contributed by atoms with van der Waals surface area (Å²) in [6.45, 7) is 8.96. The first-order valence-electron chi connectivity index (χ1n) is 6.69. The van der Waals surface area contributed by atoms with Crippen LogP contribution < -0.4 is 15.8 Å². The molecule has 2 unspecified atom stereocenters. The second-order valence-corrected chi connectivity index (χ2v) is 5.65. The molecular formula is C16H18FN3OS. The monoisotopic (exact) mass is 319 g/mol. The number of aryl methyl sites for hydroxylation is 1. The molecule has 4 nitrogen and oxygen atoms in total. The molecule has 0 radical (unpaired) electrons. The number of ether oxygens (including phenoxy) is 1. The summed E-state index contributed by atoms with van der Waals surface area (Å²) < 4.78 is 19.1. The second-order valence-electron chi connectivity index (χ2n) is 4.68. The number of anilines is 3. The van der Waals surface area contributed by atoms with E-state index in [0.29, 0.717) is 10.2 Å². The number of halogens is 1. The molecule has 3 N–H and O–H groups in total. The van der Waals surface area contributed by atoms with E-state index in [1.807, 2.05) is 31.2 Å². The Balaban J connectivity index is 2.14. The minimum Gasteiger partial charge on any atom is -0.470 e. The standard InChI is InChI=1S/C16H18FN3OS/c1-4-12(17)13(5-2)21-15-14(18)20-16(22-15)19-11-8-6-7-10(3)9-11/h4-9,12-13H,1-2,18H2,3H3,(H,19,20). The zero-order valence-electron chi connectivity index (χ0n) is 12.3. The molecule has 0 aliphatic heterocycles. The highest BCUT2D eigenvalue weighted by molar-refractivity contribution is 7.18. The fourth-order valence-electron chi connectivity index (χ4n) is 1.80. The minimum atomic E-state index is -1.35. The summed E-state index contributed by atoms with van der Waals surface area (Å²) >= 11 is 1.21. The number of nitrogens with two attached hydrogens (primary N) is 1. The highest BCUT2D eigenvalue weighted by Crippen LogP contribution is 2.35.